The average molecular weight is 338 g/mol. The van der Waals surface area contributed by atoms with Crippen molar-refractivity contribution in [2.45, 2.75) is 45.6 Å². The van der Waals surface area contributed by atoms with E-state index in [0.717, 1.165) is 35.9 Å². The highest BCUT2D eigenvalue weighted by atomic mass is 16.5. The second-order valence-electron chi connectivity index (χ2n) is 6.68. The number of benzene rings is 1. The number of aromatic nitrogens is 3. The quantitative estimate of drug-likeness (QED) is 0.792. The molecule has 130 valence electrons. The lowest BCUT2D eigenvalue weighted by atomic mass is 10.1. The first kappa shape index (κ1) is 15.9. The predicted octanol–water partition coefficient (Wildman–Crippen LogP) is 3.33. The van der Waals surface area contributed by atoms with Crippen LogP contribution in [-0.2, 0) is 17.6 Å². The Hall–Kier alpha value is -2.63. The molecule has 6 heteroatoms. The maximum Gasteiger partial charge on any atom is 0.227 e. The molecular weight excluding hydrogens is 316 g/mol. The predicted molar refractivity (Wildman–Crippen MR) is 94.1 cm³/mol. The highest BCUT2D eigenvalue weighted by Gasteiger charge is 2.33. The number of hydrogen-bond donors (Lipinski definition) is 1. The van der Waals surface area contributed by atoms with Crippen LogP contribution in [0.25, 0.3) is 10.9 Å². The smallest absolute Gasteiger partial charge is 0.227 e. The number of likely N-dealkylation sites (tertiary alicyclic amines) is 1. The molecular formula is C19H22N4O2. The van der Waals surface area contributed by atoms with Crippen LogP contribution in [0.2, 0.25) is 0 Å². The van der Waals surface area contributed by atoms with Crippen LogP contribution in [0.3, 0.4) is 0 Å². The van der Waals surface area contributed by atoms with Crippen LogP contribution in [0.5, 0.6) is 0 Å². The number of H-pyrrole nitrogens is 1. The van der Waals surface area contributed by atoms with Crippen LogP contribution < -0.4 is 0 Å². The minimum Gasteiger partial charge on any atom is -0.361 e. The van der Waals surface area contributed by atoms with Crippen LogP contribution in [0.1, 0.15) is 48.6 Å². The van der Waals surface area contributed by atoms with E-state index in [2.05, 4.69) is 40.2 Å². The highest BCUT2D eigenvalue weighted by Crippen LogP contribution is 2.31. The molecule has 0 aliphatic carbocycles. The molecule has 1 amide bonds. The number of hydrogen-bond acceptors (Lipinski definition) is 4. The van der Waals surface area contributed by atoms with E-state index in [0.29, 0.717) is 24.6 Å². The molecule has 2 aromatic heterocycles. The van der Waals surface area contributed by atoms with Gasteiger partial charge in [0.1, 0.15) is 0 Å². The molecule has 1 aliphatic heterocycles. The van der Waals surface area contributed by atoms with Crippen molar-refractivity contribution in [3.8, 4) is 0 Å². The first-order valence-electron chi connectivity index (χ1n) is 8.84. The van der Waals surface area contributed by atoms with Gasteiger partial charge in [-0.1, -0.05) is 24.2 Å². The van der Waals surface area contributed by atoms with E-state index < -0.39 is 0 Å². The monoisotopic (exact) mass is 338 g/mol. The number of aryl methyl sites for hydroxylation is 2. The van der Waals surface area contributed by atoms with Crippen molar-refractivity contribution in [3.05, 3.63) is 47.2 Å². The van der Waals surface area contributed by atoms with Gasteiger partial charge in [0.05, 0.1) is 12.5 Å². The molecule has 1 fully saturated rings. The van der Waals surface area contributed by atoms with Gasteiger partial charge >= 0.3 is 0 Å². The Morgan fingerprint density at radius 1 is 1.44 bits per heavy atom. The summed E-state index contributed by atoms with van der Waals surface area (Å²) in [6.07, 6.45) is 4.90. The Morgan fingerprint density at radius 2 is 2.32 bits per heavy atom. The Balaban J connectivity index is 1.55. The van der Waals surface area contributed by atoms with E-state index in [1.165, 1.54) is 5.56 Å². The van der Waals surface area contributed by atoms with Gasteiger partial charge in [0.15, 0.2) is 5.82 Å². The summed E-state index contributed by atoms with van der Waals surface area (Å²) < 4.78 is 5.22. The second kappa shape index (κ2) is 6.35. The fraction of sp³-hybridized carbons (Fsp3) is 0.421. The zero-order valence-corrected chi connectivity index (χ0v) is 14.6. The second-order valence-corrected chi connectivity index (χ2v) is 6.68. The molecule has 3 aromatic rings. The third-order valence-electron chi connectivity index (χ3n) is 4.92. The Morgan fingerprint density at radius 3 is 3.12 bits per heavy atom. The Labute approximate surface area is 146 Å². The number of nitrogens with one attached hydrogen (secondary N) is 1. The molecule has 3 heterocycles. The molecule has 1 aromatic carbocycles. The normalized spacial score (nSPS) is 17.5. The minimum absolute atomic E-state index is 0.0657. The van der Waals surface area contributed by atoms with E-state index in [1.54, 1.807) is 0 Å². The van der Waals surface area contributed by atoms with Crippen LogP contribution >= 0.6 is 0 Å². The molecule has 0 saturated carbocycles. The molecule has 0 spiro atoms. The van der Waals surface area contributed by atoms with Gasteiger partial charge in [-0.05, 0) is 37.0 Å². The standard InChI is InChI=1S/C19H22N4O2/c1-3-17-21-19(22-25-17)16-5-4-8-23(16)18(24)10-13-11-20-15-9-12(2)6-7-14(13)15/h6-7,9,11,16,20H,3-5,8,10H2,1-2H3. The van der Waals surface area contributed by atoms with Crippen LogP contribution in [0.15, 0.2) is 28.9 Å². The molecule has 0 bridgehead atoms. The van der Waals surface area contributed by atoms with E-state index in [9.17, 15) is 4.79 Å². The van der Waals surface area contributed by atoms with Gasteiger partial charge in [0.25, 0.3) is 0 Å². The van der Waals surface area contributed by atoms with Gasteiger partial charge in [0.2, 0.25) is 11.8 Å². The third kappa shape index (κ3) is 2.92. The number of amides is 1. The van der Waals surface area contributed by atoms with Crippen molar-refractivity contribution in [1.82, 2.24) is 20.0 Å². The maximum atomic E-state index is 12.9. The van der Waals surface area contributed by atoms with E-state index in [1.807, 2.05) is 18.0 Å². The molecule has 1 N–H and O–H groups in total. The summed E-state index contributed by atoms with van der Waals surface area (Å²) in [5, 5.41) is 5.19. The number of fused-ring (bicyclic) bond motifs is 1. The number of nitrogens with zero attached hydrogens (tertiary/aromatic N) is 3. The summed E-state index contributed by atoms with van der Waals surface area (Å²) in [5.41, 5.74) is 3.32. The summed E-state index contributed by atoms with van der Waals surface area (Å²) in [6, 6.07) is 6.20. The van der Waals surface area contributed by atoms with Crippen molar-refractivity contribution in [2.75, 3.05) is 6.54 Å². The van der Waals surface area contributed by atoms with Crippen LogP contribution in [-0.4, -0.2) is 32.5 Å². The van der Waals surface area contributed by atoms with Gasteiger partial charge in [0, 0.05) is 30.1 Å². The number of rotatable bonds is 4. The third-order valence-corrected chi connectivity index (χ3v) is 4.92. The van der Waals surface area contributed by atoms with E-state index in [4.69, 9.17) is 4.52 Å². The SMILES string of the molecule is CCc1nc(C2CCCN2C(=O)Cc2c[nH]c3cc(C)ccc23)no1. The molecule has 0 radical (unpaired) electrons. The molecule has 1 saturated heterocycles. The van der Waals surface area contributed by atoms with Gasteiger partial charge in [-0.2, -0.15) is 4.98 Å². The van der Waals surface area contributed by atoms with Gasteiger partial charge in [-0.15, -0.1) is 0 Å². The Kier molecular flexibility index (Phi) is 4.03. The van der Waals surface area contributed by atoms with Crippen molar-refractivity contribution < 1.29 is 9.32 Å². The first-order valence-corrected chi connectivity index (χ1v) is 8.84. The maximum absolute atomic E-state index is 12.9. The summed E-state index contributed by atoms with van der Waals surface area (Å²) in [5.74, 6) is 1.38. The van der Waals surface area contributed by atoms with Crippen LogP contribution in [0.4, 0.5) is 0 Å². The summed E-state index contributed by atoms with van der Waals surface area (Å²) in [7, 11) is 0. The summed E-state index contributed by atoms with van der Waals surface area (Å²) >= 11 is 0. The largest absolute Gasteiger partial charge is 0.361 e. The molecule has 1 aliphatic rings. The lowest BCUT2D eigenvalue weighted by molar-refractivity contribution is -0.131. The minimum atomic E-state index is -0.0657. The number of carbonyl (C=O) groups is 1. The number of carbonyl (C=O) groups excluding carboxylic acids is 1. The average Bonchev–Trinajstić information content (AvgIpc) is 3.33. The molecule has 6 nitrogen and oxygen atoms in total. The van der Waals surface area contributed by atoms with Crippen molar-refractivity contribution in [2.24, 2.45) is 0 Å². The Bertz CT molecular complexity index is 911. The topological polar surface area (TPSA) is 75.0 Å². The summed E-state index contributed by atoms with van der Waals surface area (Å²) in [4.78, 5) is 22.5. The molecule has 4 rings (SSSR count). The van der Waals surface area contributed by atoms with Gasteiger partial charge in [-0.3, -0.25) is 4.79 Å². The van der Waals surface area contributed by atoms with Crippen LogP contribution in [0, 0.1) is 6.92 Å². The van der Waals surface area contributed by atoms with Gasteiger partial charge < -0.3 is 14.4 Å². The van der Waals surface area contributed by atoms with E-state index >= 15 is 0 Å². The highest BCUT2D eigenvalue weighted by molar-refractivity contribution is 5.89. The lowest BCUT2D eigenvalue weighted by Gasteiger charge is -2.22. The fourth-order valence-electron chi connectivity index (χ4n) is 3.59. The van der Waals surface area contributed by atoms with Crippen molar-refractivity contribution >= 4 is 16.8 Å². The van der Waals surface area contributed by atoms with E-state index in [-0.39, 0.29) is 11.9 Å². The lowest BCUT2D eigenvalue weighted by Crippen LogP contribution is -2.32. The number of aromatic amines is 1. The molecule has 25 heavy (non-hydrogen) atoms. The zero-order chi connectivity index (χ0) is 17.4. The zero-order valence-electron chi connectivity index (χ0n) is 14.6. The fourth-order valence-corrected chi connectivity index (χ4v) is 3.59. The van der Waals surface area contributed by atoms with Crippen molar-refractivity contribution in [1.29, 1.82) is 0 Å². The molecule has 1 unspecified atom stereocenters. The van der Waals surface area contributed by atoms with Gasteiger partial charge in [-0.25, -0.2) is 0 Å². The van der Waals surface area contributed by atoms with Crippen molar-refractivity contribution in [3.63, 3.8) is 0 Å². The molecule has 1 atom stereocenters. The summed E-state index contributed by atoms with van der Waals surface area (Å²) in [6.45, 7) is 4.80. The first-order chi connectivity index (χ1) is 12.2.